The van der Waals surface area contributed by atoms with Crippen LogP contribution in [0.5, 0.6) is 0 Å². The van der Waals surface area contributed by atoms with Gasteiger partial charge in [-0.1, -0.05) is 26.3 Å². The van der Waals surface area contributed by atoms with E-state index in [2.05, 4.69) is 26.5 Å². The lowest BCUT2D eigenvalue weighted by Gasteiger charge is -2.10. The third-order valence-electron chi connectivity index (χ3n) is 2.94. The van der Waals surface area contributed by atoms with E-state index in [1.165, 1.54) is 19.3 Å². The van der Waals surface area contributed by atoms with Crippen molar-refractivity contribution in [2.24, 2.45) is 17.8 Å². The minimum Gasteiger partial charge on any atom is -0.103 e. The van der Waals surface area contributed by atoms with Crippen LogP contribution >= 0.6 is 0 Å². The topological polar surface area (TPSA) is 0 Å². The Morgan fingerprint density at radius 3 is 2.50 bits per heavy atom. The highest BCUT2D eigenvalue weighted by Gasteiger charge is 2.27. The first-order chi connectivity index (χ1) is 4.77. The third kappa shape index (κ3) is 1.42. The summed E-state index contributed by atoms with van der Waals surface area (Å²) in [5.74, 6) is 2.73. The molecule has 0 bridgehead atoms. The van der Waals surface area contributed by atoms with E-state index >= 15 is 0 Å². The van der Waals surface area contributed by atoms with E-state index < -0.39 is 0 Å². The second-order valence-electron chi connectivity index (χ2n) is 3.61. The molecule has 0 aromatic heterocycles. The minimum atomic E-state index is 0.819. The monoisotopic (exact) mass is 138 g/mol. The quantitative estimate of drug-likeness (QED) is 0.514. The van der Waals surface area contributed by atoms with Gasteiger partial charge in [0.1, 0.15) is 0 Å². The highest BCUT2D eigenvalue weighted by molar-refractivity contribution is 4.89. The van der Waals surface area contributed by atoms with Crippen LogP contribution in [-0.2, 0) is 0 Å². The minimum absolute atomic E-state index is 0.819. The molecule has 58 valence electrons. The lowest BCUT2D eigenvalue weighted by atomic mass is 9.96. The highest BCUT2D eigenvalue weighted by Crippen LogP contribution is 2.38. The van der Waals surface area contributed by atoms with Crippen molar-refractivity contribution in [2.75, 3.05) is 0 Å². The summed E-state index contributed by atoms with van der Waals surface area (Å²) in [5.41, 5.74) is 0. The SMILES string of the molecule is C=CC1CC(C)C(CC)C1. The van der Waals surface area contributed by atoms with Gasteiger partial charge < -0.3 is 0 Å². The van der Waals surface area contributed by atoms with Crippen LogP contribution in [0.1, 0.15) is 33.1 Å². The molecule has 0 spiro atoms. The maximum Gasteiger partial charge on any atom is -0.0231 e. The third-order valence-corrected chi connectivity index (χ3v) is 2.94. The molecule has 0 aromatic rings. The van der Waals surface area contributed by atoms with Gasteiger partial charge in [-0.15, -0.1) is 6.58 Å². The van der Waals surface area contributed by atoms with E-state index in [1.807, 2.05) is 0 Å². The summed E-state index contributed by atoms with van der Waals surface area (Å²) >= 11 is 0. The van der Waals surface area contributed by atoms with Crippen LogP contribution in [0.25, 0.3) is 0 Å². The van der Waals surface area contributed by atoms with Crippen molar-refractivity contribution in [1.82, 2.24) is 0 Å². The van der Waals surface area contributed by atoms with E-state index in [0.29, 0.717) is 0 Å². The molecule has 1 saturated carbocycles. The van der Waals surface area contributed by atoms with Gasteiger partial charge >= 0.3 is 0 Å². The largest absolute Gasteiger partial charge is 0.103 e. The summed E-state index contributed by atoms with van der Waals surface area (Å²) in [5, 5.41) is 0. The van der Waals surface area contributed by atoms with Crippen molar-refractivity contribution < 1.29 is 0 Å². The first-order valence-electron chi connectivity index (χ1n) is 4.40. The van der Waals surface area contributed by atoms with E-state index in [0.717, 1.165) is 17.8 Å². The Morgan fingerprint density at radius 2 is 2.20 bits per heavy atom. The number of hydrogen-bond donors (Lipinski definition) is 0. The Bertz CT molecular complexity index is 115. The first-order valence-corrected chi connectivity index (χ1v) is 4.40. The number of rotatable bonds is 2. The van der Waals surface area contributed by atoms with Gasteiger partial charge in [0.25, 0.3) is 0 Å². The van der Waals surface area contributed by atoms with Gasteiger partial charge in [-0.05, 0) is 30.6 Å². The van der Waals surface area contributed by atoms with Gasteiger partial charge in [-0.2, -0.15) is 0 Å². The van der Waals surface area contributed by atoms with Crippen LogP contribution in [-0.4, -0.2) is 0 Å². The number of hydrogen-bond acceptors (Lipinski definition) is 0. The van der Waals surface area contributed by atoms with Crippen LogP contribution in [0.15, 0.2) is 12.7 Å². The molecule has 0 amide bonds. The fourth-order valence-electron chi connectivity index (χ4n) is 2.15. The van der Waals surface area contributed by atoms with E-state index in [1.54, 1.807) is 0 Å². The summed E-state index contributed by atoms with van der Waals surface area (Å²) in [6.07, 6.45) is 6.25. The van der Waals surface area contributed by atoms with Crippen LogP contribution in [0.2, 0.25) is 0 Å². The fourth-order valence-corrected chi connectivity index (χ4v) is 2.15. The molecule has 1 aliphatic carbocycles. The van der Waals surface area contributed by atoms with Gasteiger partial charge in [0.2, 0.25) is 0 Å². The fraction of sp³-hybridized carbons (Fsp3) is 0.800. The zero-order valence-corrected chi connectivity index (χ0v) is 7.14. The Kier molecular flexibility index (Phi) is 2.53. The van der Waals surface area contributed by atoms with Crippen molar-refractivity contribution >= 4 is 0 Å². The molecule has 0 heterocycles. The Hall–Kier alpha value is -0.260. The van der Waals surface area contributed by atoms with Crippen molar-refractivity contribution in [3.63, 3.8) is 0 Å². The lowest BCUT2D eigenvalue weighted by molar-refractivity contribution is 0.407. The Balaban J connectivity index is 2.43. The normalized spacial score (nSPS) is 40.0. The molecule has 1 rings (SSSR count). The van der Waals surface area contributed by atoms with Gasteiger partial charge in [0.05, 0.1) is 0 Å². The smallest absolute Gasteiger partial charge is 0.0231 e. The predicted molar refractivity (Wildman–Crippen MR) is 45.9 cm³/mol. The molecule has 0 aliphatic heterocycles. The Morgan fingerprint density at radius 1 is 1.50 bits per heavy atom. The van der Waals surface area contributed by atoms with Gasteiger partial charge in [0, 0.05) is 0 Å². The average molecular weight is 138 g/mol. The number of allylic oxidation sites excluding steroid dienone is 1. The summed E-state index contributed by atoms with van der Waals surface area (Å²) in [6.45, 7) is 8.52. The van der Waals surface area contributed by atoms with E-state index in [-0.39, 0.29) is 0 Å². The molecule has 0 N–H and O–H groups in total. The molecular weight excluding hydrogens is 120 g/mol. The second-order valence-corrected chi connectivity index (χ2v) is 3.61. The molecule has 0 nitrogen and oxygen atoms in total. The standard InChI is InChI=1S/C10H18/c1-4-9-6-8(3)10(5-2)7-9/h4,8-10H,1,5-7H2,2-3H3. The summed E-state index contributed by atoms with van der Waals surface area (Å²) in [4.78, 5) is 0. The zero-order valence-electron chi connectivity index (χ0n) is 7.14. The van der Waals surface area contributed by atoms with Crippen molar-refractivity contribution in [3.05, 3.63) is 12.7 Å². The lowest BCUT2D eigenvalue weighted by Crippen LogP contribution is -2.00. The van der Waals surface area contributed by atoms with Gasteiger partial charge in [-0.25, -0.2) is 0 Å². The van der Waals surface area contributed by atoms with Gasteiger partial charge in [0.15, 0.2) is 0 Å². The first kappa shape index (κ1) is 7.84. The molecule has 1 aliphatic rings. The summed E-state index contributed by atoms with van der Waals surface area (Å²) in [7, 11) is 0. The van der Waals surface area contributed by atoms with Crippen LogP contribution in [0, 0.1) is 17.8 Å². The van der Waals surface area contributed by atoms with Crippen LogP contribution in [0.3, 0.4) is 0 Å². The molecule has 1 fully saturated rings. The van der Waals surface area contributed by atoms with Crippen molar-refractivity contribution in [3.8, 4) is 0 Å². The molecule has 10 heavy (non-hydrogen) atoms. The van der Waals surface area contributed by atoms with E-state index in [9.17, 15) is 0 Å². The molecule has 0 aromatic carbocycles. The highest BCUT2D eigenvalue weighted by atomic mass is 14.3. The molecule has 3 unspecified atom stereocenters. The molecule has 0 saturated heterocycles. The molecule has 0 heteroatoms. The van der Waals surface area contributed by atoms with Crippen molar-refractivity contribution in [2.45, 2.75) is 33.1 Å². The van der Waals surface area contributed by atoms with Gasteiger partial charge in [-0.3, -0.25) is 0 Å². The zero-order chi connectivity index (χ0) is 7.56. The second kappa shape index (κ2) is 3.23. The van der Waals surface area contributed by atoms with Crippen LogP contribution < -0.4 is 0 Å². The van der Waals surface area contributed by atoms with Crippen LogP contribution in [0.4, 0.5) is 0 Å². The summed E-state index contributed by atoms with van der Waals surface area (Å²) in [6, 6.07) is 0. The van der Waals surface area contributed by atoms with Crippen molar-refractivity contribution in [1.29, 1.82) is 0 Å². The molecular formula is C10H18. The molecule has 3 atom stereocenters. The van der Waals surface area contributed by atoms with E-state index in [4.69, 9.17) is 0 Å². The summed E-state index contributed by atoms with van der Waals surface area (Å²) < 4.78 is 0. The average Bonchev–Trinajstić information content (AvgIpc) is 2.30. The maximum atomic E-state index is 3.85. The maximum absolute atomic E-state index is 3.85. The predicted octanol–water partition coefficient (Wildman–Crippen LogP) is 3.24. The molecule has 0 radical (unpaired) electrons. The Labute approximate surface area is 64.3 Å².